The number of amides is 2. The minimum atomic E-state index is -0.221. The Morgan fingerprint density at radius 1 is 1.08 bits per heavy atom. The number of hydrogen-bond donors (Lipinski definition) is 0. The smallest absolute Gasteiger partial charge is 0.268 e. The van der Waals surface area contributed by atoms with Gasteiger partial charge in [-0.05, 0) is 38.5 Å². The van der Waals surface area contributed by atoms with E-state index in [1.807, 2.05) is 57.2 Å². The zero-order valence-corrected chi connectivity index (χ0v) is 14.7. The summed E-state index contributed by atoms with van der Waals surface area (Å²) < 4.78 is 5.33. The first kappa shape index (κ1) is 16.6. The summed E-state index contributed by atoms with van der Waals surface area (Å²) in [6.07, 6.45) is 1.60. The molecule has 124 valence electrons. The molecule has 0 fully saturated rings. The van der Waals surface area contributed by atoms with Gasteiger partial charge in [-0.1, -0.05) is 29.8 Å². The topological polar surface area (TPSA) is 50.5 Å². The Balaban J connectivity index is 1.99. The van der Waals surface area contributed by atoms with Gasteiger partial charge in [-0.3, -0.25) is 14.5 Å². The SMILES string of the molecule is Cc1ccc(C2=C(SCc3ccco3)C(=O)N(C(C)C)C2=O)cc1. The van der Waals surface area contributed by atoms with Crippen molar-refractivity contribution < 1.29 is 14.0 Å². The lowest BCUT2D eigenvalue weighted by molar-refractivity contribution is -0.138. The number of carbonyl (C=O) groups excluding carboxylic acids is 2. The Morgan fingerprint density at radius 3 is 2.38 bits per heavy atom. The third-order valence-electron chi connectivity index (χ3n) is 3.87. The lowest BCUT2D eigenvalue weighted by Gasteiger charge is -2.19. The molecule has 0 N–H and O–H groups in total. The van der Waals surface area contributed by atoms with Crippen molar-refractivity contribution in [2.24, 2.45) is 0 Å². The van der Waals surface area contributed by atoms with Gasteiger partial charge in [0.15, 0.2) is 0 Å². The van der Waals surface area contributed by atoms with Crippen molar-refractivity contribution in [1.82, 2.24) is 4.90 Å². The summed E-state index contributed by atoms with van der Waals surface area (Å²) >= 11 is 1.36. The molecule has 0 saturated heterocycles. The molecule has 4 nitrogen and oxygen atoms in total. The Kier molecular flexibility index (Phi) is 4.62. The molecule has 3 rings (SSSR count). The molecule has 1 aromatic heterocycles. The Bertz CT molecular complexity index is 789. The third kappa shape index (κ3) is 3.04. The monoisotopic (exact) mass is 341 g/mol. The van der Waals surface area contributed by atoms with Crippen LogP contribution in [0.15, 0.2) is 52.0 Å². The molecule has 2 heterocycles. The first-order valence-corrected chi connectivity index (χ1v) is 8.82. The minimum Gasteiger partial charge on any atom is -0.468 e. The second kappa shape index (κ2) is 6.69. The van der Waals surface area contributed by atoms with Crippen LogP contribution in [0.3, 0.4) is 0 Å². The molecule has 0 saturated carbocycles. The second-order valence-electron chi connectivity index (χ2n) is 6.01. The molecule has 1 aliphatic heterocycles. The van der Waals surface area contributed by atoms with E-state index in [-0.39, 0.29) is 17.9 Å². The summed E-state index contributed by atoms with van der Waals surface area (Å²) in [5.74, 6) is 0.852. The van der Waals surface area contributed by atoms with Crippen molar-refractivity contribution >= 4 is 29.1 Å². The number of hydrogen-bond acceptors (Lipinski definition) is 4. The summed E-state index contributed by atoms with van der Waals surface area (Å²) in [6, 6.07) is 11.2. The fourth-order valence-electron chi connectivity index (χ4n) is 2.64. The van der Waals surface area contributed by atoms with E-state index in [0.717, 1.165) is 16.9 Å². The molecule has 0 bridgehead atoms. The number of imide groups is 1. The van der Waals surface area contributed by atoms with E-state index in [0.29, 0.717) is 16.2 Å². The number of nitrogens with zero attached hydrogens (tertiary/aromatic N) is 1. The Labute approximate surface area is 145 Å². The standard InChI is InChI=1S/C19H19NO3S/c1-12(2)20-18(21)16(14-8-6-13(3)7-9-14)17(19(20)22)24-11-15-5-4-10-23-15/h4-10,12H,11H2,1-3H3. The Hall–Kier alpha value is -2.27. The van der Waals surface area contributed by atoms with Gasteiger partial charge < -0.3 is 4.42 Å². The normalized spacial score (nSPS) is 15.1. The van der Waals surface area contributed by atoms with Crippen molar-refractivity contribution in [2.75, 3.05) is 0 Å². The second-order valence-corrected chi connectivity index (χ2v) is 7.00. The average Bonchev–Trinajstić information content (AvgIpc) is 3.13. The van der Waals surface area contributed by atoms with Gasteiger partial charge in [0.2, 0.25) is 0 Å². The Morgan fingerprint density at radius 2 is 1.79 bits per heavy atom. The van der Waals surface area contributed by atoms with Crippen LogP contribution >= 0.6 is 11.8 Å². The van der Waals surface area contributed by atoms with Gasteiger partial charge in [0.05, 0.1) is 22.5 Å². The van der Waals surface area contributed by atoms with E-state index in [4.69, 9.17) is 4.42 Å². The molecule has 5 heteroatoms. The third-order valence-corrected chi connectivity index (χ3v) is 4.96. The van der Waals surface area contributed by atoms with Crippen LogP contribution in [0.25, 0.3) is 5.57 Å². The quantitative estimate of drug-likeness (QED) is 0.771. The van der Waals surface area contributed by atoms with Crippen LogP contribution in [0.2, 0.25) is 0 Å². The van der Waals surface area contributed by atoms with Gasteiger partial charge in [-0.2, -0.15) is 0 Å². The highest BCUT2D eigenvalue weighted by Gasteiger charge is 2.40. The van der Waals surface area contributed by atoms with Crippen LogP contribution in [0.4, 0.5) is 0 Å². The first-order valence-electron chi connectivity index (χ1n) is 7.83. The van der Waals surface area contributed by atoms with Crippen LogP contribution in [-0.2, 0) is 15.3 Å². The maximum atomic E-state index is 12.8. The van der Waals surface area contributed by atoms with Crippen LogP contribution in [0, 0.1) is 6.92 Å². The molecule has 2 aromatic rings. The molecule has 0 radical (unpaired) electrons. The van der Waals surface area contributed by atoms with E-state index in [1.54, 1.807) is 6.26 Å². The number of furan rings is 1. The van der Waals surface area contributed by atoms with Crippen molar-refractivity contribution in [1.29, 1.82) is 0 Å². The number of aryl methyl sites for hydroxylation is 1. The van der Waals surface area contributed by atoms with Gasteiger partial charge in [-0.15, -0.1) is 11.8 Å². The molecule has 1 aromatic carbocycles. The van der Waals surface area contributed by atoms with Crippen LogP contribution in [0.1, 0.15) is 30.7 Å². The molecule has 24 heavy (non-hydrogen) atoms. The zero-order valence-electron chi connectivity index (χ0n) is 13.9. The highest BCUT2D eigenvalue weighted by molar-refractivity contribution is 8.03. The molecule has 0 atom stereocenters. The van der Waals surface area contributed by atoms with Gasteiger partial charge in [0.25, 0.3) is 11.8 Å². The fraction of sp³-hybridized carbons (Fsp3) is 0.263. The van der Waals surface area contributed by atoms with E-state index >= 15 is 0 Å². The van der Waals surface area contributed by atoms with Crippen LogP contribution < -0.4 is 0 Å². The summed E-state index contributed by atoms with van der Waals surface area (Å²) in [6.45, 7) is 5.69. The predicted molar refractivity (Wildman–Crippen MR) is 95.1 cm³/mol. The highest BCUT2D eigenvalue weighted by Crippen LogP contribution is 2.38. The zero-order chi connectivity index (χ0) is 17.3. The highest BCUT2D eigenvalue weighted by atomic mass is 32.2. The van der Waals surface area contributed by atoms with Crippen molar-refractivity contribution in [3.05, 3.63) is 64.5 Å². The van der Waals surface area contributed by atoms with E-state index in [1.165, 1.54) is 16.7 Å². The molecule has 1 aliphatic rings. The average molecular weight is 341 g/mol. The lowest BCUT2D eigenvalue weighted by atomic mass is 10.0. The largest absolute Gasteiger partial charge is 0.468 e. The molecule has 0 spiro atoms. The number of thioether (sulfide) groups is 1. The summed E-state index contributed by atoms with van der Waals surface area (Å²) in [5.41, 5.74) is 2.39. The molecular formula is C19H19NO3S. The maximum absolute atomic E-state index is 12.8. The van der Waals surface area contributed by atoms with Crippen LogP contribution in [-0.4, -0.2) is 22.8 Å². The van der Waals surface area contributed by atoms with E-state index < -0.39 is 0 Å². The van der Waals surface area contributed by atoms with E-state index in [9.17, 15) is 9.59 Å². The summed E-state index contributed by atoms with van der Waals surface area (Å²) in [4.78, 5) is 27.4. The summed E-state index contributed by atoms with van der Waals surface area (Å²) in [5, 5.41) is 0. The van der Waals surface area contributed by atoms with Crippen molar-refractivity contribution in [2.45, 2.75) is 32.6 Å². The fourth-order valence-corrected chi connectivity index (χ4v) is 3.66. The van der Waals surface area contributed by atoms with Gasteiger partial charge >= 0.3 is 0 Å². The predicted octanol–water partition coefficient (Wildman–Crippen LogP) is 4.01. The van der Waals surface area contributed by atoms with Gasteiger partial charge in [-0.25, -0.2) is 0 Å². The number of benzene rings is 1. The number of carbonyl (C=O) groups is 2. The maximum Gasteiger partial charge on any atom is 0.268 e. The van der Waals surface area contributed by atoms with Crippen molar-refractivity contribution in [3.8, 4) is 0 Å². The van der Waals surface area contributed by atoms with E-state index in [2.05, 4.69) is 0 Å². The molecule has 0 unspecified atom stereocenters. The minimum absolute atomic E-state index is 0.174. The molecule has 0 aliphatic carbocycles. The van der Waals surface area contributed by atoms with Crippen molar-refractivity contribution in [3.63, 3.8) is 0 Å². The first-order chi connectivity index (χ1) is 11.5. The molecular weight excluding hydrogens is 322 g/mol. The van der Waals surface area contributed by atoms with Gasteiger partial charge in [0, 0.05) is 6.04 Å². The number of rotatable bonds is 5. The summed E-state index contributed by atoms with van der Waals surface area (Å²) in [7, 11) is 0. The lowest BCUT2D eigenvalue weighted by Crippen LogP contribution is -2.37. The van der Waals surface area contributed by atoms with Gasteiger partial charge in [0.1, 0.15) is 5.76 Å². The van der Waals surface area contributed by atoms with Crippen LogP contribution in [0.5, 0.6) is 0 Å². The molecule has 2 amide bonds.